The first kappa shape index (κ1) is 20.4. The van der Waals surface area contributed by atoms with Crippen molar-refractivity contribution in [2.24, 2.45) is 0 Å². The molecule has 8 heteroatoms. The Hall–Kier alpha value is -1.93. The van der Waals surface area contributed by atoms with Crippen LogP contribution in [0.5, 0.6) is 0 Å². The molecule has 0 aliphatic carbocycles. The highest BCUT2D eigenvalue weighted by Gasteiger charge is 2.43. The number of benzene rings is 1. The summed E-state index contributed by atoms with van der Waals surface area (Å²) in [5.74, 6) is -0.613. The van der Waals surface area contributed by atoms with Crippen molar-refractivity contribution in [2.75, 3.05) is 20.1 Å². The van der Waals surface area contributed by atoms with Crippen molar-refractivity contribution in [1.82, 2.24) is 14.5 Å². The SMILES string of the molecule is CNC(=O)c1ccc(CS(=O)(=O)N2CC(=O)N(C(C)C)C(C)(C)C2)cc1. The molecule has 1 saturated heterocycles. The molecule has 0 unspecified atom stereocenters. The van der Waals surface area contributed by atoms with Crippen LogP contribution >= 0.6 is 0 Å². The number of hydrogen-bond acceptors (Lipinski definition) is 4. The van der Waals surface area contributed by atoms with Gasteiger partial charge in [0.05, 0.1) is 17.8 Å². The van der Waals surface area contributed by atoms with Crippen molar-refractivity contribution in [3.05, 3.63) is 35.4 Å². The Morgan fingerprint density at radius 3 is 2.27 bits per heavy atom. The van der Waals surface area contributed by atoms with E-state index in [1.807, 2.05) is 27.7 Å². The number of nitrogens with one attached hydrogen (secondary N) is 1. The van der Waals surface area contributed by atoms with Gasteiger partial charge in [-0.05, 0) is 45.4 Å². The molecule has 144 valence electrons. The molecule has 0 bridgehead atoms. The molecule has 7 nitrogen and oxygen atoms in total. The summed E-state index contributed by atoms with van der Waals surface area (Å²) < 4.78 is 26.9. The Labute approximate surface area is 155 Å². The van der Waals surface area contributed by atoms with Crippen LogP contribution in [0.1, 0.15) is 43.6 Å². The molecule has 2 amide bonds. The van der Waals surface area contributed by atoms with Crippen LogP contribution in [0.3, 0.4) is 0 Å². The molecule has 1 aliphatic heterocycles. The van der Waals surface area contributed by atoms with E-state index in [0.29, 0.717) is 11.1 Å². The summed E-state index contributed by atoms with van der Waals surface area (Å²) in [4.78, 5) is 25.8. The summed E-state index contributed by atoms with van der Waals surface area (Å²) in [6, 6.07) is 6.45. The summed E-state index contributed by atoms with van der Waals surface area (Å²) >= 11 is 0. The molecule has 1 heterocycles. The van der Waals surface area contributed by atoms with Gasteiger partial charge in [-0.3, -0.25) is 9.59 Å². The van der Waals surface area contributed by atoms with Crippen molar-refractivity contribution >= 4 is 21.8 Å². The van der Waals surface area contributed by atoms with E-state index >= 15 is 0 Å². The van der Waals surface area contributed by atoms with Gasteiger partial charge in [-0.15, -0.1) is 0 Å². The number of amides is 2. The molecule has 1 aromatic rings. The number of sulfonamides is 1. The van der Waals surface area contributed by atoms with Gasteiger partial charge in [-0.1, -0.05) is 12.1 Å². The second kappa shape index (κ2) is 7.36. The predicted molar refractivity (Wildman–Crippen MR) is 100 cm³/mol. The standard InChI is InChI=1S/C18H27N3O4S/c1-13(2)21-16(22)10-20(12-18(21,3)4)26(24,25)11-14-6-8-15(9-7-14)17(23)19-5/h6-9,13H,10-12H2,1-5H3,(H,19,23). The van der Waals surface area contributed by atoms with E-state index in [1.54, 1.807) is 29.2 Å². The van der Waals surface area contributed by atoms with Gasteiger partial charge in [0.25, 0.3) is 5.91 Å². The highest BCUT2D eigenvalue weighted by atomic mass is 32.2. The van der Waals surface area contributed by atoms with Crippen LogP contribution in [0.15, 0.2) is 24.3 Å². The van der Waals surface area contributed by atoms with Gasteiger partial charge in [0.15, 0.2) is 0 Å². The van der Waals surface area contributed by atoms with Crippen molar-refractivity contribution in [1.29, 1.82) is 0 Å². The van der Waals surface area contributed by atoms with E-state index < -0.39 is 15.6 Å². The number of nitrogens with zero attached hydrogens (tertiary/aromatic N) is 2. The molecule has 0 aromatic heterocycles. The minimum absolute atomic E-state index is 0.0135. The van der Waals surface area contributed by atoms with E-state index in [-0.39, 0.29) is 36.7 Å². The fourth-order valence-electron chi connectivity index (χ4n) is 3.51. The van der Waals surface area contributed by atoms with Crippen LogP contribution in [-0.4, -0.2) is 61.2 Å². The van der Waals surface area contributed by atoms with Gasteiger partial charge in [0.2, 0.25) is 15.9 Å². The maximum absolute atomic E-state index is 12.8. The minimum Gasteiger partial charge on any atom is -0.355 e. The topological polar surface area (TPSA) is 86.8 Å². The van der Waals surface area contributed by atoms with E-state index in [4.69, 9.17) is 0 Å². The van der Waals surface area contributed by atoms with Crippen LogP contribution in [0.25, 0.3) is 0 Å². The van der Waals surface area contributed by atoms with Gasteiger partial charge in [-0.25, -0.2) is 8.42 Å². The molecule has 2 rings (SSSR count). The molecule has 0 saturated carbocycles. The van der Waals surface area contributed by atoms with Crippen LogP contribution < -0.4 is 5.32 Å². The lowest BCUT2D eigenvalue weighted by Crippen LogP contribution is -2.64. The summed E-state index contributed by atoms with van der Waals surface area (Å²) in [5, 5.41) is 2.52. The maximum Gasteiger partial charge on any atom is 0.251 e. The van der Waals surface area contributed by atoms with Crippen LogP contribution in [0, 0.1) is 0 Å². The van der Waals surface area contributed by atoms with Crippen molar-refractivity contribution in [3.63, 3.8) is 0 Å². The molecule has 1 N–H and O–H groups in total. The molecular weight excluding hydrogens is 354 g/mol. The van der Waals surface area contributed by atoms with Gasteiger partial charge >= 0.3 is 0 Å². The van der Waals surface area contributed by atoms with E-state index in [9.17, 15) is 18.0 Å². The summed E-state index contributed by atoms with van der Waals surface area (Å²) in [6.45, 7) is 7.74. The number of carbonyl (C=O) groups excluding carboxylic acids is 2. The lowest BCUT2D eigenvalue weighted by Gasteiger charge is -2.48. The highest BCUT2D eigenvalue weighted by molar-refractivity contribution is 7.88. The molecule has 0 atom stereocenters. The Morgan fingerprint density at radius 1 is 1.23 bits per heavy atom. The first-order valence-corrected chi connectivity index (χ1v) is 10.2. The lowest BCUT2D eigenvalue weighted by molar-refractivity contribution is -0.144. The van der Waals surface area contributed by atoms with Gasteiger partial charge in [0, 0.05) is 25.2 Å². The average Bonchev–Trinajstić information content (AvgIpc) is 2.52. The monoisotopic (exact) mass is 381 g/mol. The minimum atomic E-state index is -3.64. The third kappa shape index (κ3) is 4.24. The second-order valence-electron chi connectivity index (χ2n) is 7.47. The Bertz CT molecular complexity index is 785. The van der Waals surface area contributed by atoms with Crippen molar-refractivity contribution in [3.8, 4) is 0 Å². The largest absolute Gasteiger partial charge is 0.355 e. The highest BCUT2D eigenvalue weighted by Crippen LogP contribution is 2.27. The first-order chi connectivity index (χ1) is 12.0. The third-order valence-corrected chi connectivity index (χ3v) is 6.24. The van der Waals surface area contributed by atoms with Crippen molar-refractivity contribution < 1.29 is 18.0 Å². The first-order valence-electron chi connectivity index (χ1n) is 8.59. The predicted octanol–water partition coefficient (Wildman–Crippen LogP) is 1.21. The summed E-state index contributed by atoms with van der Waals surface area (Å²) in [7, 11) is -2.10. The number of rotatable bonds is 5. The average molecular weight is 381 g/mol. The number of carbonyl (C=O) groups is 2. The molecule has 1 aromatic carbocycles. The second-order valence-corrected chi connectivity index (χ2v) is 9.44. The fourth-order valence-corrected chi connectivity index (χ4v) is 5.13. The Kier molecular flexibility index (Phi) is 5.77. The van der Waals surface area contributed by atoms with E-state index in [0.717, 1.165) is 0 Å². The molecular formula is C18H27N3O4S. The maximum atomic E-state index is 12.8. The van der Waals surface area contributed by atoms with Gasteiger partial charge in [0.1, 0.15) is 0 Å². The molecule has 1 aliphatic rings. The summed E-state index contributed by atoms with van der Waals surface area (Å²) in [6.07, 6.45) is 0. The van der Waals surface area contributed by atoms with Gasteiger partial charge in [-0.2, -0.15) is 4.31 Å². The zero-order valence-corrected chi connectivity index (χ0v) is 16.8. The quantitative estimate of drug-likeness (QED) is 0.830. The Balaban J connectivity index is 2.18. The van der Waals surface area contributed by atoms with E-state index in [1.165, 1.54) is 11.4 Å². The molecule has 0 radical (unpaired) electrons. The molecule has 26 heavy (non-hydrogen) atoms. The van der Waals surface area contributed by atoms with Crippen LogP contribution in [-0.2, 0) is 20.6 Å². The number of hydrogen-bond donors (Lipinski definition) is 1. The Morgan fingerprint density at radius 2 is 1.81 bits per heavy atom. The van der Waals surface area contributed by atoms with Crippen LogP contribution in [0.4, 0.5) is 0 Å². The summed E-state index contributed by atoms with van der Waals surface area (Å²) in [5.41, 5.74) is 0.476. The number of piperazine rings is 1. The van der Waals surface area contributed by atoms with Crippen molar-refractivity contribution in [2.45, 2.75) is 45.0 Å². The fraction of sp³-hybridized carbons (Fsp3) is 0.556. The van der Waals surface area contributed by atoms with Crippen LogP contribution in [0.2, 0.25) is 0 Å². The zero-order chi connectivity index (χ0) is 19.7. The lowest BCUT2D eigenvalue weighted by atomic mass is 9.98. The molecule has 0 spiro atoms. The zero-order valence-electron chi connectivity index (χ0n) is 15.9. The molecule has 1 fully saturated rings. The van der Waals surface area contributed by atoms with Gasteiger partial charge < -0.3 is 10.2 Å². The third-order valence-electron chi connectivity index (χ3n) is 4.50. The normalized spacial score (nSPS) is 18.2. The smallest absolute Gasteiger partial charge is 0.251 e. The van der Waals surface area contributed by atoms with E-state index in [2.05, 4.69) is 5.32 Å².